The molecule has 1 aliphatic rings. The molecule has 0 fully saturated rings. The number of carboxylic acid groups (broad SMARTS) is 1. The van der Waals surface area contributed by atoms with Crippen LogP contribution in [0.1, 0.15) is 31.9 Å². The Kier molecular flexibility index (Phi) is 4.10. The van der Waals surface area contributed by atoms with Gasteiger partial charge in [0, 0.05) is 18.5 Å². The van der Waals surface area contributed by atoms with Gasteiger partial charge in [-0.05, 0) is 31.9 Å². The third-order valence-electron chi connectivity index (χ3n) is 3.23. The monoisotopic (exact) mass is 312 g/mol. The van der Waals surface area contributed by atoms with Gasteiger partial charge in [-0.3, -0.25) is 4.79 Å². The molecule has 0 amide bonds. The molecule has 1 aromatic carbocycles. The van der Waals surface area contributed by atoms with Crippen LogP contribution in [0.25, 0.3) is 0 Å². The van der Waals surface area contributed by atoms with Gasteiger partial charge in [0.1, 0.15) is 6.04 Å². The standard InChI is InChI=1S/C14H20N2O4S/c1-14(2,3)15-21(19,20)16-9-11-7-5-4-6-10(11)8-12(16)13(17)18/h4-7,12,15H,8-9H2,1-3H3,(H,17,18)/t12-/m0/s1. The van der Waals surface area contributed by atoms with Crippen LogP contribution in [0.15, 0.2) is 24.3 Å². The quantitative estimate of drug-likeness (QED) is 0.876. The minimum atomic E-state index is -3.88. The highest BCUT2D eigenvalue weighted by Gasteiger charge is 2.40. The van der Waals surface area contributed by atoms with Crippen molar-refractivity contribution in [2.45, 2.75) is 45.3 Å². The first kappa shape index (κ1) is 15.9. The fourth-order valence-electron chi connectivity index (χ4n) is 2.41. The lowest BCUT2D eigenvalue weighted by Crippen LogP contribution is -2.55. The summed E-state index contributed by atoms with van der Waals surface area (Å²) in [7, 11) is -3.88. The van der Waals surface area contributed by atoms with E-state index in [1.54, 1.807) is 20.8 Å². The second-order valence-corrected chi connectivity index (χ2v) is 7.85. The van der Waals surface area contributed by atoms with Crippen molar-refractivity contribution in [2.75, 3.05) is 0 Å². The zero-order valence-corrected chi connectivity index (χ0v) is 13.1. The molecule has 0 spiro atoms. The third-order valence-corrected chi connectivity index (χ3v) is 5.11. The lowest BCUT2D eigenvalue weighted by Gasteiger charge is -2.35. The molecule has 0 saturated carbocycles. The maximum Gasteiger partial charge on any atom is 0.322 e. The van der Waals surface area contributed by atoms with Gasteiger partial charge in [-0.25, -0.2) is 0 Å². The van der Waals surface area contributed by atoms with Gasteiger partial charge in [0.15, 0.2) is 0 Å². The van der Waals surface area contributed by atoms with Crippen LogP contribution < -0.4 is 4.72 Å². The van der Waals surface area contributed by atoms with Crippen molar-refractivity contribution in [2.24, 2.45) is 0 Å². The zero-order valence-electron chi connectivity index (χ0n) is 12.3. The van der Waals surface area contributed by atoms with Crippen molar-refractivity contribution in [3.05, 3.63) is 35.4 Å². The SMILES string of the molecule is CC(C)(C)NS(=O)(=O)N1Cc2ccccc2C[C@H]1C(=O)O. The van der Waals surface area contributed by atoms with Crippen LogP contribution in [0.3, 0.4) is 0 Å². The van der Waals surface area contributed by atoms with Gasteiger partial charge in [0.2, 0.25) is 0 Å². The first-order valence-electron chi connectivity index (χ1n) is 6.70. The Morgan fingerprint density at radius 3 is 2.38 bits per heavy atom. The molecule has 1 heterocycles. The summed E-state index contributed by atoms with van der Waals surface area (Å²) in [6.45, 7) is 5.23. The molecule has 0 radical (unpaired) electrons. The number of fused-ring (bicyclic) bond motifs is 1. The molecule has 1 atom stereocenters. The van der Waals surface area contributed by atoms with Gasteiger partial charge < -0.3 is 5.11 Å². The molecule has 1 aliphatic heterocycles. The average molecular weight is 312 g/mol. The van der Waals surface area contributed by atoms with Crippen molar-refractivity contribution in [3.63, 3.8) is 0 Å². The van der Waals surface area contributed by atoms with Crippen LogP contribution in [-0.2, 0) is 28.0 Å². The molecule has 0 aromatic heterocycles. The summed E-state index contributed by atoms with van der Waals surface area (Å²) in [5.41, 5.74) is 1.06. The Balaban J connectivity index is 2.39. The van der Waals surface area contributed by atoms with E-state index in [1.165, 1.54) is 0 Å². The van der Waals surface area contributed by atoms with Gasteiger partial charge >= 0.3 is 5.97 Å². The minimum Gasteiger partial charge on any atom is -0.480 e. The van der Waals surface area contributed by atoms with E-state index < -0.39 is 27.8 Å². The van der Waals surface area contributed by atoms with Gasteiger partial charge in [0.05, 0.1) is 0 Å². The van der Waals surface area contributed by atoms with Gasteiger partial charge in [-0.2, -0.15) is 17.4 Å². The highest BCUT2D eigenvalue weighted by molar-refractivity contribution is 7.87. The zero-order chi connectivity index (χ0) is 15.8. The Bertz CT molecular complexity index is 649. The third kappa shape index (κ3) is 3.61. The lowest BCUT2D eigenvalue weighted by atomic mass is 9.96. The molecule has 6 nitrogen and oxygen atoms in total. The average Bonchev–Trinajstić information content (AvgIpc) is 2.34. The summed E-state index contributed by atoms with van der Waals surface area (Å²) in [6, 6.07) is 6.23. The fourth-order valence-corrected chi connectivity index (χ4v) is 4.11. The van der Waals surface area contributed by atoms with Crippen molar-refractivity contribution in [1.29, 1.82) is 0 Å². The molecule has 0 aliphatic carbocycles. The fraction of sp³-hybridized carbons (Fsp3) is 0.500. The van der Waals surface area contributed by atoms with E-state index in [9.17, 15) is 18.3 Å². The van der Waals surface area contributed by atoms with Crippen molar-refractivity contribution >= 4 is 16.2 Å². The predicted molar refractivity (Wildman–Crippen MR) is 78.9 cm³/mol. The number of nitrogens with zero attached hydrogens (tertiary/aromatic N) is 1. The Morgan fingerprint density at radius 1 is 1.29 bits per heavy atom. The molecular weight excluding hydrogens is 292 g/mol. The number of nitrogens with one attached hydrogen (secondary N) is 1. The number of hydrogen-bond acceptors (Lipinski definition) is 3. The van der Waals surface area contributed by atoms with E-state index >= 15 is 0 Å². The normalized spacial score (nSPS) is 20.0. The minimum absolute atomic E-state index is 0.0680. The second kappa shape index (κ2) is 5.40. The summed E-state index contributed by atoms with van der Waals surface area (Å²) < 4.78 is 28.5. The smallest absolute Gasteiger partial charge is 0.322 e. The van der Waals surface area contributed by atoms with Crippen molar-refractivity contribution in [3.8, 4) is 0 Å². The van der Waals surface area contributed by atoms with E-state index in [4.69, 9.17) is 0 Å². The van der Waals surface area contributed by atoms with Gasteiger partial charge in [-0.1, -0.05) is 24.3 Å². The molecule has 116 valence electrons. The summed E-state index contributed by atoms with van der Waals surface area (Å²) >= 11 is 0. The highest BCUT2D eigenvalue weighted by Crippen LogP contribution is 2.26. The van der Waals surface area contributed by atoms with Gasteiger partial charge in [0.25, 0.3) is 10.2 Å². The largest absolute Gasteiger partial charge is 0.480 e. The number of benzene rings is 1. The molecule has 1 aromatic rings. The maximum atomic E-state index is 12.5. The van der Waals surface area contributed by atoms with E-state index in [-0.39, 0.29) is 13.0 Å². The van der Waals surface area contributed by atoms with Crippen molar-refractivity contribution < 1.29 is 18.3 Å². The number of carboxylic acids is 1. The van der Waals surface area contributed by atoms with Crippen LogP contribution in [0.2, 0.25) is 0 Å². The van der Waals surface area contributed by atoms with E-state index in [0.29, 0.717) is 0 Å². The van der Waals surface area contributed by atoms with E-state index in [1.807, 2.05) is 24.3 Å². The van der Waals surface area contributed by atoms with Crippen LogP contribution in [0.5, 0.6) is 0 Å². The Labute approximate surface area is 125 Å². The maximum absolute atomic E-state index is 12.5. The summed E-state index contributed by atoms with van der Waals surface area (Å²) in [5, 5.41) is 9.36. The molecule has 2 N–H and O–H groups in total. The molecule has 2 rings (SSSR count). The molecule has 0 saturated heterocycles. The Morgan fingerprint density at radius 2 is 1.86 bits per heavy atom. The topological polar surface area (TPSA) is 86.7 Å². The first-order chi connectivity index (χ1) is 9.60. The number of hydrogen-bond donors (Lipinski definition) is 2. The molecule has 0 bridgehead atoms. The summed E-state index contributed by atoms with van der Waals surface area (Å²) in [4.78, 5) is 11.5. The number of carbonyl (C=O) groups is 1. The predicted octanol–water partition coefficient (Wildman–Crippen LogP) is 1.13. The summed E-state index contributed by atoms with van der Waals surface area (Å²) in [6.07, 6.45) is 0.177. The molecule has 7 heteroatoms. The Hall–Kier alpha value is -1.44. The van der Waals surface area contributed by atoms with E-state index in [0.717, 1.165) is 15.4 Å². The molecule has 21 heavy (non-hydrogen) atoms. The lowest BCUT2D eigenvalue weighted by molar-refractivity contribution is -0.141. The van der Waals surface area contributed by atoms with Crippen LogP contribution in [0.4, 0.5) is 0 Å². The summed E-state index contributed by atoms with van der Waals surface area (Å²) in [5.74, 6) is -1.14. The molecule has 0 unspecified atom stereocenters. The van der Waals surface area contributed by atoms with E-state index in [2.05, 4.69) is 4.72 Å². The van der Waals surface area contributed by atoms with Crippen molar-refractivity contribution in [1.82, 2.24) is 9.03 Å². The van der Waals surface area contributed by atoms with Crippen LogP contribution in [-0.4, -0.2) is 35.4 Å². The number of aliphatic carboxylic acids is 1. The number of rotatable bonds is 3. The van der Waals surface area contributed by atoms with Gasteiger partial charge in [-0.15, -0.1) is 0 Å². The second-order valence-electron chi connectivity index (χ2n) is 6.23. The molecular formula is C14H20N2O4S. The first-order valence-corrected chi connectivity index (χ1v) is 8.14. The highest BCUT2D eigenvalue weighted by atomic mass is 32.2. The van der Waals surface area contributed by atoms with Crippen LogP contribution >= 0.6 is 0 Å². The van der Waals surface area contributed by atoms with Crippen LogP contribution in [0, 0.1) is 0 Å².